The first-order valence-corrected chi connectivity index (χ1v) is 13.5. The lowest BCUT2D eigenvalue weighted by Gasteiger charge is -2.78. The van der Waals surface area contributed by atoms with E-state index >= 15 is 0 Å². The second-order valence-corrected chi connectivity index (χ2v) is 13.1. The highest BCUT2D eigenvalue weighted by Crippen LogP contribution is 2.93. The second-order valence-electron chi connectivity index (χ2n) is 13.1. The Bertz CT molecular complexity index is 1420. The van der Waals surface area contributed by atoms with Crippen molar-refractivity contribution in [2.24, 2.45) is 22.2 Å². The number of fused-ring (bicyclic) bond motifs is 2. The van der Waals surface area contributed by atoms with E-state index in [0.717, 1.165) is 17.2 Å². The van der Waals surface area contributed by atoms with Gasteiger partial charge in [-0.05, 0) is 72.8 Å². The lowest BCUT2D eigenvalue weighted by atomic mass is 9.26. The number of imide groups is 1. The zero-order valence-corrected chi connectivity index (χ0v) is 21.2. The number of rotatable bonds is 5. The molecule has 3 heterocycles. The molecule has 1 aromatic heterocycles. The predicted molar refractivity (Wildman–Crippen MR) is 130 cm³/mol. The molecule has 6 aliphatic rings. The molecule has 9 heteroatoms. The van der Waals surface area contributed by atoms with Crippen molar-refractivity contribution in [3.05, 3.63) is 41.2 Å². The lowest BCUT2D eigenvalue weighted by Crippen LogP contribution is -2.72. The SMILES string of the molecule is C[C@]12CC3CC4(n5cc(COc6cccc7c6CN(C6CCC(=O)NC6=O)C7=O)nn5)CC31[C@](C)(C4)C2. The van der Waals surface area contributed by atoms with Gasteiger partial charge in [0.2, 0.25) is 11.8 Å². The number of carbonyl (C=O) groups is 3. The fourth-order valence-electron chi connectivity index (χ4n) is 10.3. The lowest BCUT2D eigenvalue weighted by molar-refractivity contribution is -0.301. The van der Waals surface area contributed by atoms with Crippen molar-refractivity contribution < 1.29 is 19.1 Å². The van der Waals surface area contributed by atoms with E-state index in [9.17, 15) is 14.4 Å². The van der Waals surface area contributed by atoms with Gasteiger partial charge >= 0.3 is 0 Å². The zero-order valence-electron chi connectivity index (χ0n) is 21.2. The van der Waals surface area contributed by atoms with Gasteiger partial charge in [0.15, 0.2) is 0 Å². The van der Waals surface area contributed by atoms with Crippen molar-refractivity contribution in [3.63, 3.8) is 0 Å². The quantitative estimate of drug-likeness (QED) is 0.632. The third kappa shape index (κ3) is 2.48. The van der Waals surface area contributed by atoms with E-state index in [1.807, 2.05) is 6.07 Å². The van der Waals surface area contributed by atoms with Crippen LogP contribution in [0, 0.1) is 22.2 Å². The summed E-state index contributed by atoms with van der Waals surface area (Å²) in [5, 5.41) is 11.4. The Kier molecular flexibility index (Phi) is 3.89. The highest BCUT2D eigenvalue weighted by Gasteiger charge is 2.87. The van der Waals surface area contributed by atoms with Gasteiger partial charge in [0.05, 0.1) is 18.3 Å². The van der Waals surface area contributed by atoms with Gasteiger partial charge in [-0.1, -0.05) is 25.1 Å². The summed E-state index contributed by atoms with van der Waals surface area (Å²) < 4.78 is 8.33. The molecule has 2 aliphatic heterocycles. The molecule has 8 rings (SSSR count). The first-order valence-electron chi connectivity index (χ1n) is 13.5. The summed E-state index contributed by atoms with van der Waals surface area (Å²) in [6.45, 7) is 5.55. The largest absolute Gasteiger partial charge is 0.487 e. The molecule has 5 fully saturated rings. The highest BCUT2D eigenvalue weighted by molar-refractivity contribution is 6.05. The molecule has 4 aliphatic carbocycles. The van der Waals surface area contributed by atoms with E-state index in [4.69, 9.17) is 4.74 Å². The molecule has 1 aromatic carbocycles. The van der Waals surface area contributed by atoms with Crippen molar-refractivity contribution >= 4 is 17.7 Å². The topological polar surface area (TPSA) is 106 Å². The number of hydrogen-bond donors (Lipinski definition) is 1. The minimum atomic E-state index is -0.642. The molecular formula is C28H31N5O4. The minimum Gasteiger partial charge on any atom is -0.487 e. The molecule has 2 aromatic rings. The number of nitrogens with zero attached hydrogens (tertiary/aromatic N) is 4. The Hall–Kier alpha value is -3.23. The van der Waals surface area contributed by atoms with E-state index in [2.05, 4.69) is 40.4 Å². The standard InChI is InChI=1S/C28H31N5O4/c1-25-8-16-9-27(14-26(2,13-25)28(16,25)15-27)33-10-17(30-31-33)12-37-21-5-3-4-18-19(21)11-32(24(18)36)20-6-7-22(34)29-23(20)35/h3-5,10,16,20H,6-9,11-15H2,1-2H3,(H,29,34,35)/t16?,20?,25-,26+,27?,28?/m1/s1. The third-order valence-corrected chi connectivity index (χ3v) is 11.2. The molecule has 3 amide bonds. The third-order valence-electron chi connectivity index (χ3n) is 11.2. The maximum Gasteiger partial charge on any atom is 0.255 e. The van der Waals surface area contributed by atoms with Gasteiger partial charge in [-0.3, -0.25) is 19.7 Å². The van der Waals surface area contributed by atoms with Gasteiger partial charge in [0, 0.05) is 17.5 Å². The molecule has 0 radical (unpaired) electrons. The van der Waals surface area contributed by atoms with Crippen LogP contribution in [0.2, 0.25) is 0 Å². The second kappa shape index (κ2) is 6.60. The number of nitrogens with one attached hydrogen (secondary N) is 1. The molecule has 1 saturated heterocycles. The first kappa shape index (κ1) is 21.8. The number of benzene rings is 1. The van der Waals surface area contributed by atoms with Crippen molar-refractivity contribution in [2.45, 2.75) is 83.5 Å². The van der Waals surface area contributed by atoms with Crippen molar-refractivity contribution in [1.29, 1.82) is 0 Å². The Balaban J connectivity index is 0.998. The Morgan fingerprint density at radius 1 is 1.11 bits per heavy atom. The van der Waals surface area contributed by atoms with E-state index in [0.29, 0.717) is 34.0 Å². The van der Waals surface area contributed by atoms with Gasteiger partial charge in [-0.2, -0.15) is 0 Å². The number of aromatic nitrogens is 3. The number of piperidine rings is 1. The number of amides is 3. The van der Waals surface area contributed by atoms with Gasteiger partial charge in [-0.25, -0.2) is 4.68 Å². The van der Waals surface area contributed by atoms with E-state index in [-0.39, 0.29) is 36.9 Å². The average molecular weight is 502 g/mol. The number of ether oxygens (including phenoxy) is 1. The van der Waals surface area contributed by atoms with Crippen LogP contribution in [0.25, 0.3) is 0 Å². The summed E-state index contributed by atoms with van der Waals surface area (Å²) in [7, 11) is 0. The van der Waals surface area contributed by atoms with E-state index < -0.39 is 11.9 Å². The van der Waals surface area contributed by atoms with Gasteiger partial charge in [0.25, 0.3) is 5.91 Å². The maximum absolute atomic E-state index is 13.1. The smallest absolute Gasteiger partial charge is 0.255 e. The van der Waals surface area contributed by atoms with Crippen LogP contribution in [0.1, 0.15) is 80.4 Å². The van der Waals surface area contributed by atoms with Crippen molar-refractivity contribution in [3.8, 4) is 5.75 Å². The summed E-state index contributed by atoms with van der Waals surface area (Å²) in [5.74, 6) is 0.538. The summed E-state index contributed by atoms with van der Waals surface area (Å²) in [5.41, 5.74) is 3.66. The summed E-state index contributed by atoms with van der Waals surface area (Å²) >= 11 is 0. The zero-order chi connectivity index (χ0) is 25.4. The number of hydrogen-bond acceptors (Lipinski definition) is 6. The van der Waals surface area contributed by atoms with Crippen LogP contribution in [0.3, 0.4) is 0 Å². The molecule has 1 spiro atoms. The Morgan fingerprint density at radius 2 is 1.97 bits per heavy atom. The molecule has 6 atom stereocenters. The molecule has 37 heavy (non-hydrogen) atoms. The first-order chi connectivity index (χ1) is 17.7. The van der Waals surface area contributed by atoms with Crippen LogP contribution in [0.4, 0.5) is 0 Å². The van der Waals surface area contributed by atoms with Crippen LogP contribution in [0.15, 0.2) is 24.4 Å². The van der Waals surface area contributed by atoms with Crippen LogP contribution < -0.4 is 10.1 Å². The van der Waals surface area contributed by atoms with Gasteiger partial charge < -0.3 is 9.64 Å². The Labute approximate surface area is 214 Å². The van der Waals surface area contributed by atoms with E-state index in [1.165, 1.54) is 32.1 Å². The van der Waals surface area contributed by atoms with Crippen LogP contribution in [0.5, 0.6) is 5.75 Å². The monoisotopic (exact) mass is 501 g/mol. The van der Waals surface area contributed by atoms with Crippen LogP contribution in [-0.4, -0.2) is 43.7 Å². The molecule has 1 N–H and O–H groups in total. The highest BCUT2D eigenvalue weighted by atomic mass is 16.5. The minimum absolute atomic E-state index is 0.0851. The van der Waals surface area contributed by atoms with Crippen LogP contribution in [-0.2, 0) is 28.3 Å². The van der Waals surface area contributed by atoms with Crippen molar-refractivity contribution in [2.75, 3.05) is 0 Å². The summed E-state index contributed by atoms with van der Waals surface area (Å²) in [6, 6.07) is 4.78. The molecule has 2 bridgehead atoms. The number of carbonyl (C=O) groups excluding carboxylic acids is 3. The summed E-state index contributed by atoms with van der Waals surface area (Å²) in [6.07, 6.45) is 8.98. The normalized spacial score (nSPS) is 40.7. The average Bonchev–Trinajstić information content (AvgIpc) is 3.57. The molecule has 4 saturated carbocycles. The van der Waals surface area contributed by atoms with Gasteiger partial charge in [-0.15, -0.1) is 5.10 Å². The fraction of sp³-hybridized carbons (Fsp3) is 0.607. The van der Waals surface area contributed by atoms with Crippen molar-refractivity contribution in [1.82, 2.24) is 25.2 Å². The van der Waals surface area contributed by atoms with Gasteiger partial charge in [0.1, 0.15) is 24.1 Å². The predicted octanol–water partition coefficient (Wildman–Crippen LogP) is 2.93. The molecular weight excluding hydrogens is 470 g/mol. The molecule has 4 unspecified atom stereocenters. The van der Waals surface area contributed by atoms with Crippen LogP contribution >= 0.6 is 0 Å². The molecule has 192 valence electrons. The summed E-state index contributed by atoms with van der Waals surface area (Å²) in [4.78, 5) is 38.6. The Morgan fingerprint density at radius 3 is 2.73 bits per heavy atom. The molecule has 9 nitrogen and oxygen atoms in total. The van der Waals surface area contributed by atoms with E-state index in [1.54, 1.807) is 17.0 Å². The fourth-order valence-corrected chi connectivity index (χ4v) is 10.3. The maximum atomic E-state index is 13.1.